The lowest BCUT2D eigenvalue weighted by Crippen LogP contribution is -2.52. The minimum atomic E-state index is -0.286. The first-order chi connectivity index (χ1) is 15.1. The molecule has 31 heavy (non-hydrogen) atoms. The van der Waals surface area contributed by atoms with Crippen molar-refractivity contribution in [2.24, 2.45) is 5.92 Å². The van der Waals surface area contributed by atoms with Gasteiger partial charge in [-0.15, -0.1) is 0 Å². The molecule has 2 saturated heterocycles. The Balaban J connectivity index is 1.36. The molecule has 1 unspecified atom stereocenters. The first-order valence-corrected chi connectivity index (χ1v) is 10.8. The number of para-hydroxylation sites is 1. The van der Waals surface area contributed by atoms with E-state index in [4.69, 9.17) is 14.7 Å². The molecule has 3 aromatic rings. The number of carbonyl (C=O) groups excluding carboxylic acids is 1. The van der Waals surface area contributed by atoms with Crippen LogP contribution in [0.5, 0.6) is 5.75 Å². The fraction of sp³-hybridized carbons (Fsp3) is 0.375. The lowest BCUT2D eigenvalue weighted by Gasteiger charge is -2.41. The van der Waals surface area contributed by atoms with E-state index in [1.807, 2.05) is 25.1 Å². The molecule has 2 aliphatic heterocycles. The van der Waals surface area contributed by atoms with Gasteiger partial charge in [0.25, 0.3) is 0 Å². The molecule has 2 fully saturated rings. The van der Waals surface area contributed by atoms with Gasteiger partial charge < -0.3 is 20.1 Å². The second-order valence-corrected chi connectivity index (χ2v) is 8.43. The third-order valence-corrected chi connectivity index (χ3v) is 6.02. The molecule has 2 aliphatic rings. The third kappa shape index (κ3) is 3.93. The largest absolute Gasteiger partial charge is 0.507 e. The summed E-state index contributed by atoms with van der Waals surface area (Å²) in [6, 6.07) is 13.3. The number of hydrogen-bond acceptors (Lipinski definition) is 6. The number of aryl methyl sites for hydroxylation is 1. The van der Waals surface area contributed by atoms with Crippen molar-refractivity contribution in [3.8, 4) is 17.1 Å². The second kappa shape index (κ2) is 8.15. The lowest BCUT2D eigenvalue weighted by molar-refractivity contribution is -0.130. The number of phenols is 1. The number of rotatable bonds is 5. The molecular formula is C24H26N4O3. The fourth-order valence-electron chi connectivity index (χ4n) is 4.26. The normalized spacial score (nSPS) is 18.9. The highest BCUT2D eigenvalue weighted by Crippen LogP contribution is 2.34. The van der Waals surface area contributed by atoms with Crippen molar-refractivity contribution in [3.63, 3.8) is 0 Å². The Morgan fingerprint density at radius 1 is 1.23 bits per heavy atom. The molecule has 0 radical (unpaired) electrons. The number of aromatic hydroxyl groups is 1. The highest BCUT2D eigenvalue weighted by Gasteiger charge is 2.31. The van der Waals surface area contributed by atoms with Gasteiger partial charge in [0.1, 0.15) is 17.7 Å². The topological polar surface area (TPSA) is 87.6 Å². The minimum Gasteiger partial charge on any atom is -0.507 e. The van der Waals surface area contributed by atoms with Crippen LogP contribution in [-0.4, -0.2) is 53.3 Å². The van der Waals surface area contributed by atoms with Crippen molar-refractivity contribution in [1.82, 2.24) is 15.3 Å². The molecule has 2 N–H and O–H groups in total. The van der Waals surface area contributed by atoms with Crippen molar-refractivity contribution in [2.75, 3.05) is 31.1 Å². The summed E-state index contributed by atoms with van der Waals surface area (Å²) in [6.45, 7) is 4.98. The molecule has 1 amide bonds. The Morgan fingerprint density at radius 2 is 2.06 bits per heavy atom. The SMILES string of the molecule is Cc1ccc2c(N3CC(CNC(=O)C4CCCO4)C3)nc(-c3ccccc3O)nc2c1. The van der Waals surface area contributed by atoms with Crippen molar-refractivity contribution < 1.29 is 14.6 Å². The average molecular weight is 418 g/mol. The molecule has 1 atom stereocenters. The molecule has 3 heterocycles. The number of benzene rings is 2. The predicted molar refractivity (Wildman–Crippen MR) is 119 cm³/mol. The fourth-order valence-corrected chi connectivity index (χ4v) is 4.26. The van der Waals surface area contributed by atoms with Crippen LogP contribution in [0.15, 0.2) is 42.5 Å². The van der Waals surface area contributed by atoms with Crippen molar-refractivity contribution in [2.45, 2.75) is 25.9 Å². The van der Waals surface area contributed by atoms with E-state index < -0.39 is 0 Å². The molecule has 0 aliphatic carbocycles. The quantitative estimate of drug-likeness (QED) is 0.662. The number of nitrogens with zero attached hydrogens (tertiary/aromatic N) is 3. The first-order valence-electron chi connectivity index (χ1n) is 10.8. The van der Waals surface area contributed by atoms with E-state index in [2.05, 4.69) is 22.3 Å². The lowest BCUT2D eigenvalue weighted by atomic mass is 9.99. The summed E-state index contributed by atoms with van der Waals surface area (Å²) in [5.74, 6) is 1.92. The molecule has 0 saturated carbocycles. The van der Waals surface area contributed by atoms with Gasteiger partial charge >= 0.3 is 0 Å². The summed E-state index contributed by atoms with van der Waals surface area (Å²) in [5, 5.41) is 14.3. The number of ether oxygens (including phenoxy) is 1. The van der Waals surface area contributed by atoms with Crippen LogP contribution in [0.3, 0.4) is 0 Å². The second-order valence-electron chi connectivity index (χ2n) is 8.43. The number of fused-ring (bicyclic) bond motifs is 1. The number of phenolic OH excluding ortho intramolecular Hbond substituents is 1. The van der Waals surface area contributed by atoms with Crippen molar-refractivity contribution in [3.05, 3.63) is 48.0 Å². The van der Waals surface area contributed by atoms with Crippen LogP contribution >= 0.6 is 0 Å². The zero-order valence-electron chi connectivity index (χ0n) is 17.5. The van der Waals surface area contributed by atoms with Gasteiger partial charge in [-0.25, -0.2) is 9.97 Å². The van der Waals surface area contributed by atoms with Crippen LogP contribution in [0.25, 0.3) is 22.3 Å². The van der Waals surface area contributed by atoms with Gasteiger partial charge in [-0.1, -0.05) is 18.2 Å². The van der Waals surface area contributed by atoms with Crippen LogP contribution in [0.1, 0.15) is 18.4 Å². The van der Waals surface area contributed by atoms with E-state index >= 15 is 0 Å². The predicted octanol–water partition coefficient (Wildman–Crippen LogP) is 3.04. The third-order valence-electron chi connectivity index (χ3n) is 6.02. The summed E-state index contributed by atoms with van der Waals surface area (Å²) in [5.41, 5.74) is 2.60. The molecular weight excluding hydrogens is 392 g/mol. The molecule has 7 nitrogen and oxygen atoms in total. The molecule has 5 rings (SSSR count). The highest BCUT2D eigenvalue weighted by molar-refractivity contribution is 5.92. The van der Waals surface area contributed by atoms with Crippen LogP contribution in [0.2, 0.25) is 0 Å². The molecule has 1 aromatic heterocycles. The summed E-state index contributed by atoms with van der Waals surface area (Å²) >= 11 is 0. The van der Waals surface area contributed by atoms with Gasteiger partial charge in [-0.2, -0.15) is 0 Å². The van der Waals surface area contributed by atoms with E-state index in [-0.39, 0.29) is 17.8 Å². The van der Waals surface area contributed by atoms with E-state index in [0.717, 1.165) is 48.2 Å². The van der Waals surface area contributed by atoms with Crippen LogP contribution < -0.4 is 10.2 Å². The summed E-state index contributed by atoms with van der Waals surface area (Å²) < 4.78 is 5.45. The number of amides is 1. The van der Waals surface area contributed by atoms with Crippen LogP contribution in [-0.2, 0) is 9.53 Å². The van der Waals surface area contributed by atoms with E-state index in [0.29, 0.717) is 30.5 Å². The highest BCUT2D eigenvalue weighted by atomic mass is 16.5. The number of anilines is 1. The van der Waals surface area contributed by atoms with Gasteiger partial charge in [0, 0.05) is 37.5 Å². The molecule has 7 heteroatoms. The van der Waals surface area contributed by atoms with E-state index in [1.165, 1.54) is 0 Å². The van der Waals surface area contributed by atoms with Gasteiger partial charge in [0.05, 0.1) is 11.1 Å². The maximum Gasteiger partial charge on any atom is 0.249 e. The summed E-state index contributed by atoms with van der Waals surface area (Å²) in [7, 11) is 0. The first kappa shape index (κ1) is 19.8. The molecule has 0 spiro atoms. The Kier molecular flexibility index (Phi) is 5.19. The number of hydrogen-bond donors (Lipinski definition) is 2. The van der Waals surface area contributed by atoms with E-state index in [1.54, 1.807) is 12.1 Å². The molecule has 2 aromatic carbocycles. The number of nitrogens with one attached hydrogen (secondary N) is 1. The summed E-state index contributed by atoms with van der Waals surface area (Å²) in [4.78, 5) is 23.9. The van der Waals surface area contributed by atoms with Crippen LogP contribution in [0, 0.1) is 12.8 Å². The van der Waals surface area contributed by atoms with Gasteiger partial charge in [0.2, 0.25) is 5.91 Å². The number of aromatic nitrogens is 2. The Labute approximate surface area is 181 Å². The zero-order chi connectivity index (χ0) is 21.4. The Bertz CT molecular complexity index is 1120. The smallest absolute Gasteiger partial charge is 0.249 e. The maximum atomic E-state index is 12.2. The average Bonchev–Trinajstić information content (AvgIpc) is 3.27. The number of carbonyl (C=O) groups is 1. The minimum absolute atomic E-state index is 0.000695. The monoisotopic (exact) mass is 418 g/mol. The van der Waals surface area contributed by atoms with Crippen molar-refractivity contribution >= 4 is 22.6 Å². The maximum absolute atomic E-state index is 12.2. The standard InChI is InChI=1S/C24H26N4O3/c1-15-8-9-17-19(11-15)26-22(18-5-2-3-6-20(18)29)27-23(17)28-13-16(14-28)12-25-24(30)21-7-4-10-31-21/h2-3,5-6,8-9,11,16,21,29H,4,7,10,12-14H2,1H3,(H,25,30). The molecule has 0 bridgehead atoms. The van der Waals surface area contributed by atoms with Gasteiger partial charge in [-0.3, -0.25) is 4.79 Å². The van der Waals surface area contributed by atoms with E-state index in [9.17, 15) is 9.90 Å². The molecule has 160 valence electrons. The Hall–Kier alpha value is -3.19. The van der Waals surface area contributed by atoms with Crippen molar-refractivity contribution in [1.29, 1.82) is 0 Å². The zero-order valence-corrected chi connectivity index (χ0v) is 17.5. The summed E-state index contributed by atoms with van der Waals surface area (Å²) in [6.07, 6.45) is 1.48. The Morgan fingerprint density at radius 3 is 2.84 bits per heavy atom. The van der Waals surface area contributed by atoms with Crippen LogP contribution in [0.4, 0.5) is 5.82 Å². The van der Waals surface area contributed by atoms with Gasteiger partial charge in [-0.05, 0) is 49.6 Å². The van der Waals surface area contributed by atoms with Gasteiger partial charge in [0.15, 0.2) is 5.82 Å².